The molecule has 0 radical (unpaired) electrons. The number of nitrogens with two attached hydrogens (primary N) is 1. The number of anilines is 1. The first-order valence-electron chi connectivity index (χ1n) is 5.12. The number of nitriles is 1. The SMILES string of the molecule is CC(CNc1ccc(CC#N)cc1)C(N)=O. The minimum atomic E-state index is -0.311. The Balaban J connectivity index is 2.50. The summed E-state index contributed by atoms with van der Waals surface area (Å²) in [6, 6.07) is 9.64. The first-order chi connectivity index (χ1) is 7.63. The summed E-state index contributed by atoms with van der Waals surface area (Å²) in [4.78, 5) is 10.8. The van der Waals surface area contributed by atoms with E-state index in [2.05, 4.69) is 11.4 Å². The van der Waals surface area contributed by atoms with E-state index in [9.17, 15) is 4.79 Å². The van der Waals surface area contributed by atoms with Crippen LogP contribution in [-0.2, 0) is 11.2 Å². The Morgan fingerprint density at radius 3 is 2.62 bits per heavy atom. The highest BCUT2D eigenvalue weighted by molar-refractivity contribution is 5.76. The molecule has 0 aliphatic rings. The van der Waals surface area contributed by atoms with Gasteiger partial charge in [0, 0.05) is 12.2 Å². The van der Waals surface area contributed by atoms with E-state index in [1.54, 1.807) is 6.92 Å². The number of carbonyl (C=O) groups is 1. The van der Waals surface area contributed by atoms with Gasteiger partial charge in [0.2, 0.25) is 5.91 Å². The molecule has 0 fully saturated rings. The van der Waals surface area contributed by atoms with Gasteiger partial charge in [0.05, 0.1) is 18.4 Å². The molecule has 1 amide bonds. The highest BCUT2D eigenvalue weighted by Crippen LogP contribution is 2.10. The molecule has 1 atom stereocenters. The summed E-state index contributed by atoms with van der Waals surface area (Å²) in [6.07, 6.45) is 0.415. The maximum atomic E-state index is 10.8. The zero-order valence-electron chi connectivity index (χ0n) is 9.23. The molecule has 0 saturated heterocycles. The van der Waals surface area contributed by atoms with Crippen LogP contribution in [0, 0.1) is 17.2 Å². The van der Waals surface area contributed by atoms with E-state index < -0.39 is 0 Å². The third-order valence-corrected chi connectivity index (χ3v) is 2.34. The standard InChI is InChI=1S/C12H15N3O/c1-9(12(14)16)8-15-11-4-2-10(3-5-11)6-7-13/h2-5,9,15H,6,8H2,1H3,(H2,14,16). The topological polar surface area (TPSA) is 78.9 Å². The van der Waals surface area contributed by atoms with E-state index in [4.69, 9.17) is 11.0 Å². The fourth-order valence-electron chi connectivity index (χ4n) is 1.20. The quantitative estimate of drug-likeness (QED) is 0.779. The maximum Gasteiger partial charge on any atom is 0.222 e. The fraction of sp³-hybridized carbons (Fsp3) is 0.333. The van der Waals surface area contributed by atoms with Gasteiger partial charge in [-0.15, -0.1) is 0 Å². The van der Waals surface area contributed by atoms with Gasteiger partial charge in [-0.05, 0) is 17.7 Å². The average Bonchev–Trinajstić information content (AvgIpc) is 2.28. The molecule has 1 aromatic carbocycles. The maximum absolute atomic E-state index is 10.8. The van der Waals surface area contributed by atoms with Crippen molar-refractivity contribution in [1.29, 1.82) is 5.26 Å². The Morgan fingerprint density at radius 1 is 1.50 bits per heavy atom. The second kappa shape index (κ2) is 5.76. The van der Waals surface area contributed by atoms with Gasteiger partial charge in [0.25, 0.3) is 0 Å². The van der Waals surface area contributed by atoms with Crippen LogP contribution in [0.2, 0.25) is 0 Å². The number of benzene rings is 1. The van der Waals surface area contributed by atoms with Crippen molar-refractivity contribution in [1.82, 2.24) is 0 Å². The predicted octanol–water partition coefficient (Wildman–Crippen LogP) is 1.29. The third kappa shape index (κ3) is 3.62. The molecular formula is C12H15N3O. The minimum absolute atomic E-state index is 0.196. The first kappa shape index (κ1) is 12.1. The van der Waals surface area contributed by atoms with Gasteiger partial charge in [0.1, 0.15) is 0 Å². The van der Waals surface area contributed by atoms with Crippen LogP contribution in [0.15, 0.2) is 24.3 Å². The molecule has 0 heterocycles. The summed E-state index contributed by atoms with van der Waals surface area (Å²) in [6.45, 7) is 2.30. The fourth-order valence-corrected chi connectivity index (χ4v) is 1.20. The van der Waals surface area contributed by atoms with Crippen molar-refractivity contribution in [2.24, 2.45) is 11.7 Å². The Labute approximate surface area is 95.1 Å². The lowest BCUT2D eigenvalue weighted by Gasteiger charge is -2.10. The third-order valence-electron chi connectivity index (χ3n) is 2.34. The predicted molar refractivity (Wildman–Crippen MR) is 62.6 cm³/mol. The summed E-state index contributed by atoms with van der Waals surface area (Å²) in [5.41, 5.74) is 7.06. The van der Waals surface area contributed by atoms with Crippen molar-refractivity contribution in [3.05, 3.63) is 29.8 Å². The number of hydrogen-bond donors (Lipinski definition) is 2. The van der Waals surface area contributed by atoms with Crippen molar-refractivity contribution in [3.8, 4) is 6.07 Å². The molecule has 1 rings (SSSR count). The van der Waals surface area contributed by atoms with Crippen LogP contribution < -0.4 is 11.1 Å². The van der Waals surface area contributed by atoms with Gasteiger partial charge in [-0.2, -0.15) is 5.26 Å². The number of carbonyl (C=O) groups excluding carboxylic acids is 1. The average molecular weight is 217 g/mol. The summed E-state index contributed by atoms with van der Waals surface area (Å²) < 4.78 is 0. The van der Waals surface area contributed by atoms with Crippen molar-refractivity contribution < 1.29 is 4.79 Å². The summed E-state index contributed by atoms with van der Waals surface area (Å²) in [5, 5.41) is 11.6. The number of nitrogens with one attached hydrogen (secondary N) is 1. The molecule has 0 saturated carbocycles. The summed E-state index contributed by atoms with van der Waals surface area (Å²) >= 11 is 0. The Hall–Kier alpha value is -2.02. The van der Waals surface area contributed by atoms with Gasteiger partial charge < -0.3 is 11.1 Å². The molecule has 0 aliphatic carbocycles. The van der Waals surface area contributed by atoms with E-state index in [1.165, 1.54) is 0 Å². The van der Waals surface area contributed by atoms with E-state index in [0.29, 0.717) is 13.0 Å². The van der Waals surface area contributed by atoms with Gasteiger partial charge in [-0.25, -0.2) is 0 Å². The molecule has 0 aromatic heterocycles. The van der Waals surface area contributed by atoms with Crippen LogP contribution in [0.25, 0.3) is 0 Å². The lowest BCUT2D eigenvalue weighted by molar-refractivity contribution is -0.120. The molecule has 0 aliphatic heterocycles. The van der Waals surface area contributed by atoms with Crippen LogP contribution in [0.5, 0.6) is 0 Å². The van der Waals surface area contributed by atoms with Crippen LogP contribution in [0.3, 0.4) is 0 Å². The lowest BCUT2D eigenvalue weighted by Crippen LogP contribution is -2.26. The van der Waals surface area contributed by atoms with Crippen LogP contribution >= 0.6 is 0 Å². The number of amides is 1. The minimum Gasteiger partial charge on any atom is -0.384 e. The Bertz CT molecular complexity index is 392. The van der Waals surface area contributed by atoms with Crippen LogP contribution in [0.1, 0.15) is 12.5 Å². The normalized spacial score (nSPS) is 11.5. The zero-order valence-corrected chi connectivity index (χ0v) is 9.23. The molecular weight excluding hydrogens is 202 g/mol. The highest BCUT2D eigenvalue weighted by atomic mass is 16.1. The largest absolute Gasteiger partial charge is 0.384 e. The molecule has 1 unspecified atom stereocenters. The molecule has 0 spiro atoms. The zero-order chi connectivity index (χ0) is 12.0. The van der Waals surface area contributed by atoms with Crippen molar-refractivity contribution in [2.45, 2.75) is 13.3 Å². The second-order valence-electron chi connectivity index (χ2n) is 3.72. The number of nitrogens with zero attached hydrogens (tertiary/aromatic N) is 1. The van der Waals surface area contributed by atoms with E-state index in [-0.39, 0.29) is 11.8 Å². The van der Waals surface area contributed by atoms with Gasteiger partial charge in [-0.1, -0.05) is 19.1 Å². The molecule has 4 heteroatoms. The Kier molecular flexibility index (Phi) is 4.34. The van der Waals surface area contributed by atoms with Crippen LogP contribution in [-0.4, -0.2) is 12.5 Å². The molecule has 4 nitrogen and oxygen atoms in total. The van der Waals surface area contributed by atoms with Gasteiger partial charge >= 0.3 is 0 Å². The van der Waals surface area contributed by atoms with Crippen LogP contribution in [0.4, 0.5) is 5.69 Å². The van der Waals surface area contributed by atoms with E-state index >= 15 is 0 Å². The summed E-state index contributed by atoms with van der Waals surface area (Å²) in [5.74, 6) is -0.507. The number of primary amides is 1. The molecule has 84 valence electrons. The van der Waals surface area contributed by atoms with E-state index in [1.807, 2.05) is 24.3 Å². The molecule has 0 bridgehead atoms. The van der Waals surface area contributed by atoms with E-state index in [0.717, 1.165) is 11.3 Å². The van der Waals surface area contributed by atoms with Gasteiger partial charge in [0.15, 0.2) is 0 Å². The lowest BCUT2D eigenvalue weighted by atomic mass is 10.1. The van der Waals surface area contributed by atoms with Crippen molar-refractivity contribution in [3.63, 3.8) is 0 Å². The second-order valence-corrected chi connectivity index (χ2v) is 3.72. The number of hydrogen-bond acceptors (Lipinski definition) is 3. The monoisotopic (exact) mass is 217 g/mol. The first-order valence-corrected chi connectivity index (χ1v) is 5.12. The smallest absolute Gasteiger partial charge is 0.222 e. The van der Waals surface area contributed by atoms with Crippen molar-refractivity contribution in [2.75, 3.05) is 11.9 Å². The van der Waals surface area contributed by atoms with Gasteiger partial charge in [-0.3, -0.25) is 4.79 Å². The molecule has 16 heavy (non-hydrogen) atoms. The highest BCUT2D eigenvalue weighted by Gasteiger charge is 2.07. The summed E-state index contributed by atoms with van der Waals surface area (Å²) in [7, 11) is 0. The number of rotatable bonds is 5. The molecule has 3 N–H and O–H groups in total. The van der Waals surface area contributed by atoms with Crippen molar-refractivity contribution >= 4 is 11.6 Å². The Morgan fingerprint density at radius 2 is 2.12 bits per heavy atom. The molecule has 1 aromatic rings.